The molecule has 0 spiro atoms. The first-order chi connectivity index (χ1) is 7.20. The van der Waals surface area contributed by atoms with E-state index in [0.29, 0.717) is 0 Å². The Morgan fingerprint density at radius 1 is 1.44 bits per heavy atom. The summed E-state index contributed by atoms with van der Waals surface area (Å²) >= 11 is 0. The van der Waals surface area contributed by atoms with Crippen LogP contribution in [-0.2, 0) is 14.3 Å². The maximum atomic E-state index is 11.7. The van der Waals surface area contributed by atoms with Gasteiger partial charge < -0.3 is 4.74 Å². The molecular formula is C10H16N2O4. The van der Waals surface area contributed by atoms with Crippen molar-refractivity contribution in [2.24, 2.45) is 0 Å². The van der Waals surface area contributed by atoms with Gasteiger partial charge in [-0.3, -0.25) is 19.8 Å². The number of rotatable bonds is 0. The van der Waals surface area contributed by atoms with Crippen molar-refractivity contribution in [2.75, 3.05) is 6.54 Å². The van der Waals surface area contributed by atoms with Crippen LogP contribution >= 0.6 is 0 Å². The minimum atomic E-state index is -0.687. The van der Waals surface area contributed by atoms with Crippen LogP contribution in [0.4, 0.5) is 4.79 Å². The first-order valence-electron chi connectivity index (χ1n) is 5.04. The zero-order chi connectivity index (χ0) is 12.5. The quantitative estimate of drug-likeness (QED) is 0.604. The maximum Gasteiger partial charge on any atom is 0.411 e. The SMILES string of the molecule is CC1C(=O)NC(=O)CN1C(=O)OC(C)(C)C. The third-order valence-corrected chi connectivity index (χ3v) is 2.05. The molecule has 6 nitrogen and oxygen atoms in total. The Labute approximate surface area is 93.9 Å². The van der Waals surface area contributed by atoms with Crippen LogP contribution < -0.4 is 5.32 Å². The second kappa shape index (κ2) is 4.11. The number of nitrogens with one attached hydrogen (secondary N) is 1. The van der Waals surface area contributed by atoms with E-state index >= 15 is 0 Å². The summed E-state index contributed by atoms with van der Waals surface area (Å²) in [5.41, 5.74) is -0.645. The molecule has 0 aromatic carbocycles. The van der Waals surface area contributed by atoms with Crippen LogP contribution in [0.2, 0.25) is 0 Å². The van der Waals surface area contributed by atoms with E-state index in [0.717, 1.165) is 4.90 Å². The molecule has 1 N–H and O–H groups in total. The Bertz CT molecular complexity index is 332. The summed E-state index contributed by atoms with van der Waals surface area (Å²) in [5.74, 6) is -0.976. The fourth-order valence-electron chi connectivity index (χ4n) is 1.26. The predicted molar refractivity (Wildman–Crippen MR) is 55.6 cm³/mol. The van der Waals surface area contributed by atoms with Gasteiger partial charge in [-0.15, -0.1) is 0 Å². The fraction of sp³-hybridized carbons (Fsp3) is 0.700. The summed E-state index contributed by atoms with van der Waals surface area (Å²) < 4.78 is 5.10. The molecule has 1 unspecified atom stereocenters. The average molecular weight is 228 g/mol. The number of carbonyl (C=O) groups excluding carboxylic acids is 3. The molecule has 1 aliphatic rings. The van der Waals surface area contributed by atoms with E-state index < -0.39 is 29.6 Å². The number of imide groups is 1. The number of hydrogen-bond acceptors (Lipinski definition) is 4. The third kappa shape index (κ3) is 2.95. The summed E-state index contributed by atoms with van der Waals surface area (Å²) in [7, 11) is 0. The third-order valence-electron chi connectivity index (χ3n) is 2.05. The molecule has 1 saturated heterocycles. The zero-order valence-corrected chi connectivity index (χ0v) is 9.86. The first kappa shape index (κ1) is 12.5. The number of ether oxygens (including phenoxy) is 1. The summed E-state index contributed by atoms with van der Waals surface area (Å²) in [6, 6.07) is -0.687. The van der Waals surface area contributed by atoms with Crippen molar-refractivity contribution in [1.29, 1.82) is 0 Å². The highest BCUT2D eigenvalue weighted by atomic mass is 16.6. The van der Waals surface area contributed by atoms with Crippen molar-refractivity contribution in [2.45, 2.75) is 39.3 Å². The van der Waals surface area contributed by atoms with Crippen LogP contribution in [0.15, 0.2) is 0 Å². The molecule has 0 aromatic rings. The van der Waals surface area contributed by atoms with Crippen molar-refractivity contribution < 1.29 is 19.1 Å². The Morgan fingerprint density at radius 2 is 2.00 bits per heavy atom. The smallest absolute Gasteiger partial charge is 0.411 e. The highest BCUT2D eigenvalue weighted by Crippen LogP contribution is 2.13. The molecule has 0 bridgehead atoms. The molecule has 0 saturated carbocycles. The van der Waals surface area contributed by atoms with Gasteiger partial charge in [-0.05, 0) is 27.7 Å². The molecule has 16 heavy (non-hydrogen) atoms. The van der Waals surface area contributed by atoms with Gasteiger partial charge in [0.15, 0.2) is 0 Å². The second-order valence-corrected chi connectivity index (χ2v) is 4.70. The average Bonchev–Trinajstić information content (AvgIpc) is 2.08. The molecular weight excluding hydrogens is 212 g/mol. The lowest BCUT2D eigenvalue weighted by Crippen LogP contribution is -2.59. The van der Waals surface area contributed by atoms with E-state index in [1.807, 2.05) is 0 Å². The van der Waals surface area contributed by atoms with Gasteiger partial charge in [-0.2, -0.15) is 0 Å². The molecule has 3 amide bonds. The molecule has 0 aliphatic carbocycles. The summed E-state index contributed by atoms with van der Waals surface area (Å²) in [4.78, 5) is 35.2. The first-order valence-corrected chi connectivity index (χ1v) is 5.04. The maximum absolute atomic E-state index is 11.7. The minimum Gasteiger partial charge on any atom is -0.444 e. The number of amides is 3. The van der Waals surface area contributed by atoms with Gasteiger partial charge in [0.1, 0.15) is 18.2 Å². The van der Waals surface area contributed by atoms with Crippen LogP contribution in [0.1, 0.15) is 27.7 Å². The van der Waals surface area contributed by atoms with Gasteiger partial charge >= 0.3 is 6.09 Å². The highest BCUT2D eigenvalue weighted by molar-refractivity contribution is 6.03. The molecule has 0 aromatic heterocycles. The second-order valence-electron chi connectivity index (χ2n) is 4.70. The lowest BCUT2D eigenvalue weighted by Gasteiger charge is -2.33. The Balaban J connectivity index is 2.74. The molecule has 0 radical (unpaired) electrons. The monoisotopic (exact) mass is 228 g/mol. The van der Waals surface area contributed by atoms with Crippen LogP contribution in [0, 0.1) is 0 Å². The molecule has 1 fully saturated rings. The number of nitrogens with zero attached hydrogens (tertiary/aromatic N) is 1. The van der Waals surface area contributed by atoms with E-state index in [-0.39, 0.29) is 6.54 Å². The van der Waals surface area contributed by atoms with Gasteiger partial charge in [-0.1, -0.05) is 0 Å². The van der Waals surface area contributed by atoms with E-state index in [9.17, 15) is 14.4 Å². The standard InChI is InChI=1S/C10H16N2O4/c1-6-8(14)11-7(13)5-12(6)9(15)16-10(2,3)4/h6H,5H2,1-4H3,(H,11,13,14). The van der Waals surface area contributed by atoms with Crippen molar-refractivity contribution in [3.05, 3.63) is 0 Å². The number of piperazine rings is 1. The highest BCUT2D eigenvalue weighted by Gasteiger charge is 2.35. The summed E-state index contributed by atoms with van der Waals surface area (Å²) in [6.45, 7) is 6.57. The Morgan fingerprint density at radius 3 is 2.50 bits per heavy atom. The van der Waals surface area contributed by atoms with Crippen molar-refractivity contribution in [3.8, 4) is 0 Å². The summed E-state index contributed by atoms with van der Waals surface area (Å²) in [5, 5.41) is 2.15. The van der Waals surface area contributed by atoms with Crippen molar-refractivity contribution >= 4 is 17.9 Å². The lowest BCUT2D eigenvalue weighted by atomic mass is 10.2. The Hall–Kier alpha value is -1.59. The molecule has 1 heterocycles. The zero-order valence-electron chi connectivity index (χ0n) is 9.86. The van der Waals surface area contributed by atoms with Gasteiger partial charge in [0, 0.05) is 0 Å². The largest absolute Gasteiger partial charge is 0.444 e. The lowest BCUT2D eigenvalue weighted by molar-refractivity contribution is -0.139. The van der Waals surface area contributed by atoms with Crippen LogP contribution in [0.25, 0.3) is 0 Å². The molecule has 1 rings (SSSR count). The van der Waals surface area contributed by atoms with Crippen molar-refractivity contribution in [3.63, 3.8) is 0 Å². The normalized spacial score (nSPS) is 21.8. The Kier molecular flexibility index (Phi) is 3.21. The van der Waals surface area contributed by atoms with Gasteiger partial charge in [0.25, 0.3) is 0 Å². The van der Waals surface area contributed by atoms with E-state index in [4.69, 9.17) is 4.74 Å². The van der Waals surface area contributed by atoms with E-state index in [2.05, 4.69) is 5.32 Å². The van der Waals surface area contributed by atoms with Gasteiger partial charge in [-0.25, -0.2) is 4.79 Å². The van der Waals surface area contributed by atoms with E-state index in [1.165, 1.54) is 0 Å². The molecule has 1 aliphatic heterocycles. The predicted octanol–water partition coefficient (Wildman–Crippen LogP) is 0.268. The number of hydrogen-bond donors (Lipinski definition) is 1. The van der Waals surface area contributed by atoms with Crippen LogP contribution in [0.5, 0.6) is 0 Å². The van der Waals surface area contributed by atoms with E-state index in [1.54, 1.807) is 27.7 Å². The summed E-state index contributed by atoms with van der Waals surface area (Å²) in [6.07, 6.45) is -0.650. The van der Waals surface area contributed by atoms with Crippen LogP contribution in [-0.4, -0.2) is 41.0 Å². The fourth-order valence-corrected chi connectivity index (χ4v) is 1.26. The minimum absolute atomic E-state index is 0.151. The molecule has 90 valence electrons. The number of carbonyl (C=O) groups is 3. The van der Waals surface area contributed by atoms with Crippen LogP contribution in [0.3, 0.4) is 0 Å². The van der Waals surface area contributed by atoms with Crippen molar-refractivity contribution in [1.82, 2.24) is 10.2 Å². The molecule has 6 heteroatoms. The van der Waals surface area contributed by atoms with Gasteiger partial charge in [0.2, 0.25) is 11.8 Å². The molecule has 1 atom stereocenters. The van der Waals surface area contributed by atoms with Gasteiger partial charge in [0.05, 0.1) is 0 Å². The topological polar surface area (TPSA) is 75.7 Å².